The van der Waals surface area contributed by atoms with E-state index in [1.54, 1.807) is 18.3 Å². The second kappa shape index (κ2) is 5.24. The highest BCUT2D eigenvalue weighted by Crippen LogP contribution is 2.37. The smallest absolute Gasteiger partial charge is 0.272 e. The van der Waals surface area contributed by atoms with Gasteiger partial charge in [0.2, 0.25) is 0 Å². The molecule has 5 nitrogen and oxygen atoms in total. The van der Waals surface area contributed by atoms with Crippen LogP contribution in [0.1, 0.15) is 34.9 Å². The van der Waals surface area contributed by atoms with Crippen LogP contribution in [-0.4, -0.2) is 15.5 Å². The topological polar surface area (TPSA) is 72.9 Å². The van der Waals surface area contributed by atoms with E-state index in [-0.39, 0.29) is 11.1 Å². The lowest BCUT2D eigenvalue weighted by Crippen LogP contribution is -2.17. The molecule has 110 valence electrons. The number of aromatic nitrogens is 2. The van der Waals surface area contributed by atoms with Gasteiger partial charge in [-0.1, -0.05) is 23.2 Å². The maximum absolute atomic E-state index is 12.5. The van der Waals surface area contributed by atoms with E-state index >= 15 is 0 Å². The summed E-state index contributed by atoms with van der Waals surface area (Å²) in [7, 11) is 0. The van der Waals surface area contributed by atoms with E-state index < -0.39 is 0 Å². The third-order valence-corrected chi connectivity index (χ3v) is 3.89. The summed E-state index contributed by atoms with van der Waals surface area (Å²) in [6.07, 6.45) is 3.93. The van der Waals surface area contributed by atoms with Crippen LogP contribution < -0.4 is 11.1 Å². The van der Waals surface area contributed by atoms with E-state index in [1.807, 2.05) is 11.5 Å². The van der Waals surface area contributed by atoms with Crippen LogP contribution in [0.2, 0.25) is 10.3 Å². The monoisotopic (exact) mass is 324 g/mol. The molecule has 1 aliphatic rings. The molecule has 0 saturated heterocycles. The van der Waals surface area contributed by atoms with Crippen molar-refractivity contribution in [3.63, 3.8) is 0 Å². The van der Waals surface area contributed by atoms with E-state index in [1.165, 1.54) is 0 Å². The van der Waals surface area contributed by atoms with E-state index in [2.05, 4.69) is 10.3 Å². The number of carbonyl (C=O) groups is 1. The van der Waals surface area contributed by atoms with Gasteiger partial charge in [0.25, 0.3) is 5.91 Å². The number of pyridine rings is 1. The van der Waals surface area contributed by atoms with Crippen LogP contribution in [-0.2, 0) is 0 Å². The minimum atomic E-state index is -0.257. The lowest BCUT2D eigenvalue weighted by atomic mass is 10.2. The fourth-order valence-electron chi connectivity index (χ4n) is 2.26. The lowest BCUT2D eigenvalue weighted by Gasteiger charge is -2.11. The first-order valence-corrected chi connectivity index (χ1v) is 7.32. The van der Waals surface area contributed by atoms with Crippen molar-refractivity contribution in [3.05, 3.63) is 39.9 Å². The zero-order valence-corrected chi connectivity index (χ0v) is 12.9. The van der Waals surface area contributed by atoms with Crippen molar-refractivity contribution in [3.8, 4) is 0 Å². The Kier molecular flexibility index (Phi) is 3.55. The Labute approximate surface area is 132 Å². The van der Waals surface area contributed by atoms with Crippen LogP contribution in [0.15, 0.2) is 18.3 Å². The van der Waals surface area contributed by atoms with Gasteiger partial charge in [-0.05, 0) is 37.5 Å². The third kappa shape index (κ3) is 2.84. The summed E-state index contributed by atoms with van der Waals surface area (Å²) >= 11 is 11.9. The molecule has 21 heavy (non-hydrogen) atoms. The molecule has 0 atom stereocenters. The first kappa shape index (κ1) is 14.2. The second-order valence-corrected chi connectivity index (χ2v) is 5.92. The van der Waals surface area contributed by atoms with E-state index in [9.17, 15) is 4.79 Å². The molecule has 2 aromatic rings. The van der Waals surface area contributed by atoms with Gasteiger partial charge >= 0.3 is 0 Å². The Bertz CT molecular complexity index is 699. The predicted octanol–water partition coefficient (Wildman–Crippen LogP) is 3.67. The highest BCUT2D eigenvalue weighted by molar-refractivity contribution is 6.35. The number of aryl methyl sites for hydroxylation is 1. The Morgan fingerprint density at radius 3 is 2.76 bits per heavy atom. The number of nitrogens with one attached hydrogen (secondary N) is 1. The summed E-state index contributed by atoms with van der Waals surface area (Å²) in [4.78, 5) is 16.4. The summed E-state index contributed by atoms with van der Waals surface area (Å²) in [5.74, 6) is -0.257. The second-order valence-electron chi connectivity index (χ2n) is 5.18. The summed E-state index contributed by atoms with van der Waals surface area (Å²) in [6.45, 7) is 1.81. The first-order valence-electron chi connectivity index (χ1n) is 6.57. The Morgan fingerprint density at radius 1 is 1.43 bits per heavy atom. The maximum atomic E-state index is 12.5. The maximum Gasteiger partial charge on any atom is 0.272 e. The number of anilines is 2. The first-order chi connectivity index (χ1) is 9.95. The molecule has 1 amide bonds. The quantitative estimate of drug-likeness (QED) is 0.846. The number of nitrogens with zero attached hydrogens (tertiary/aromatic N) is 2. The zero-order chi connectivity index (χ0) is 15.1. The van der Waals surface area contributed by atoms with Crippen LogP contribution in [0.25, 0.3) is 0 Å². The van der Waals surface area contributed by atoms with Crippen molar-refractivity contribution in [2.75, 3.05) is 11.1 Å². The van der Waals surface area contributed by atoms with Gasteiger partial charge in [-0.3, -0.25) is 4.79 Å². The van der Waals surface area contributed by atoms with Gasteiger partial charge in [0.05, 0.1) is 11.4 Å². The third-order valence-electron chi connectivity index (χ3n) is 3.42. The highest BCUT2D eigenvalue weighted by atomic mass is 35.5. The zero-order valence-electron chi connectivity index (χ0n) is 11.4. The number of carbonyl (C=O) groups excluding carboxylic acids is 1. The number of hydrogen-bond acceptors (Lipinski definition) is 3. The van der Waals surface area contributed by atoms with Gasteiger partial charge < -0.3 is 15.6 Å². The van der Waals surface area contributed by atoms with Crippen LogP contribution in [0.5, 0.6) is 0 Å². The van der Waals surface area contributed by atoms with Gasteiger partial charge in [0.1, 0.15) is 10.8 Å². The SMILES string of the molecule is Cc1cc(Cl)nc(Cl)c1NC(=O)c1cc(N)cn1C1CC1. The van der Waals surface area contributed by atoms with E-state index in [4.69, 9.17) is 28.9 Å². The Balaban J connectivity index is 1.90. The molecule has 0 bridgehead atoms. The number of nitrogens with two attached hydrogens (primary N) is 1. The summed E-state index contributed by atoms with van der Waals surface area (Å²) in [6, 6.07) is 3.68. The molecule has 0 unspecified atom stereocenters. The minimum Gasteiger partial charge on any atom is -0.397 e. The molecular formula is C14H14Cl2N4O. The van der Waals surface area contributed by atoms with Crippen molar-refractivity contribution in [1.82, 2.24) is 9.55 Å². The molecule has 1 aliphatic carbocycles. The number of amides is 1. The van der Waals surface area contributed by atoms with E-state index in [0.717, 1.165) is 18.4 Å². The summed E-state index contributed by atoms with van der Waals surface area (Å²) in [5.41, 5.74) is 8.12. The van der Waals surface area contributed by atoms with Gasteiger partial charge in [0, 0.05) is 12.2 Å². The van der Waals surface area contributed by atoms with Crippen molar-refractivity contribution >= 4 is 40.5 Å². The van der Waals surface area contributed by atoms with Gasteiger partial charge in [0.15, 0.2) is 5.15 Å². The minimum absolute atomic E-state index is 0.172. The molecule has 1 fully saturated rings. The average molecular weight is 325 g/mol. The number of hydrogen-bond donors (Lipinski definition) is 2. The van der Waals surface area contributed by atoms with Crippen molar-refractivity contribution in [1.29, 1.82) is 0 Å². The Morgan fingerprint density at radius 2 is 2.14 bits per heavy atom. The molecule has 0 spiro atoms. The van der Waals surface area contributed by atoms with Gasteiger partial charge in [-0.2, -0.15) is 0 Å². The fraction of sp³-hybridized carbons (Fsp3) is 0.286. The van der Waals surface area contributed by atoms with Crippen LogP contribution in [0, 0.1) is 6.92 Å². The van der Waals surface area contributed by atoms with Gasteiger partial charge in [-0.15, -0.1) is 0 Å². The molecule has 7 heteroatoms. The molecule has 3 rings (SSSR count). The normalized spacial score (nSPS) is 14.2. The predicted molar refractivity (Wildman–Crippen MR) is 84.1 cm³/mol. The molecule has 2 heterocycles. The van der Waals surface area contributed by atoms with Crippen LogP contribution in [0.4, 0.5) is 11.4 Å². The number of nitrogen functional groups attached to an aromatic ring is 1. The summed E-state index contributed by atoms with van der Waals surface area (Å²) in [5, 5.41) is 3.25. The highest BCUT2D eigenvalue weighted by Gasteiger charge is 2.28. The number of rotatable bonds is 3. The summed E-state index contributed by atoms with van der Waals surface area (Å²) < 4.78 is 1.91. The largest absolute Gasteiger partial charge is 0.397 e. The van der Waals surface area contributed by atoms with Gasteiger partial charge in [-0.25, -0.2) is 4.98 Å². The van der Waals surface area contributed by atoms with Crippen molar-refractivity contribution < 1.29 is 4.79 Å². The number of halogens is 2. The van der Waals surface area contributed by atoms with Crippen molar-refractivity contribution in [2.45, 2.75) is 25.8 Å². The Hall–Kier alpha value is -1.72. The van der Waals surface area contributed by atoms with Crippen LogP contribution in [0.3, 0.4) is 0 Å². The average Bonchev–Trinajstić information content (AvgIpc) is 3.16. The molecule has 3 N–H and O–H groups in total. The van der Waals surface area contributed by atoms with Crippen LogP contribution >= 0.6 is 23.2 Å². The molecule has 2 aromatic heterocycles. The molecule has 0 aromatic carbocycles. The lowest BCUT2D eigenvalue weighted by molar-refractivity contribution is 0.101. The van der Waals surface area contributed by atoms with Crippen molar-refractivity contribution in [2.24, 2.45) is 0 Å². The van der Waals surface area contributed by atoms with E-state index in [0.29, 0.717) is 28.3 Å². The molecule has 0 radical (unpaired) electrons. The molecular weight excluding hydrogens is 311 g/mol. The molecule has 1 saturated carbocycles. The standard InChI is InChI=1S/C14H14Cl2N4O/c1-7-4-11(15)18-13(16)12(7)19-14(21)10-5-8(17)6-20(10)9-2-3-9/h4-6,9H,2-3,17H2,1H3,(H,19,21). The molecule has 0 aliphatic heterocycles. The fourth-order valence-corrected chi connectivity index (χ4v) is 2.84.